The molecule has 2 rings (SSSR count). The molecular formula is C13H18N2O2. The van der Waals surface area contributed by atoms with Gasteiger partial charge in [0.15, 0.2) is 0 Å². The van der Waals surface area contributed by atoms with E-state index < -0.39 is 0 Å². The molecule has 1 aliphatic rings. The Morgan fingerprint density at radius 1 is 1.53 bits per heavy atom. The smallest absolute Gasteiger partial charge is 0.225 e. The van der Waals surface area contributed by atoms with Crippen LogP contribution in [0.2, 0.25) is 0 Å². The molecule has 0 atom stereocenters. The lowest BCUT2D eigenvalue weighted by Gasteiger charge is -2.25. The molecule has 1 saturated heterocycles. The van der Waals surface area contributed by atoms with Crippen molar-refractivity contribution < 1.29 is 9.53 Å². The van der Waals surface area contributed by atoms with E-state index in [1.165, 1.54) is 5.56 Å². The minimum absolute atomic E-state index is 0.118. The Bertz CT molecular complexity index is 414. The molecule has 17 heavy (non-hydrogen) atoms. The summed E-state index contributed by atoms with van der Waals surface area (Å²) in [7, 11) is 1.64. The van der Waals surface area contributed by atoms with Crippen LogP contribution < -0.4 is 15.4 Å². The number of methoxy groups -OCH3 is 1. The maximum atomic E-state index is 11.7. The van der Waals surface area contributed by atoms with E-state index in [4.69, 9.17) is 4.74 Å². The fraction of sp³-hybridized carbons (Fsp3) is 0.462. The van der Waals surface area contributed by atoms with Crippen LogP contribution in [-0.2, 0) is 11.3 Å². The van der Waals surface area contributed by atoms with E-state index in [0.717, 1.165) is 24.4 Å². The highest BCUT2D eigenvalue weighted by atomic mass is 16.5. The molecule has 1 aromatic rings. The number of aryl methyl sites for hydroxylation is 1. The van der Waals surface area contributed by atoms with E-state index >= 15 is 0 Å². The summed E-state index contributed by atoms with van der Waals surface area (Å²) in [5, 5.41) is 6.03. The minimum Gasteiger partial charge on any atom is -0.496 e. The van der Waals surface area contributed by atoms with Crippen molar-refractivity contribution in [2.24, 2.45) is 5.92 Å². The van der Waals surface area contributed by atoms with Gasteiger partial charge in [-0.25, -0.2) is 0 Å². The largest absolute Gasteiger partial charge is 0.496 e. The van der Waals surface area contributed by atoms with E-state index in [1.807, 2.05) is 25.1 Å². The van der Waals surface area contributed by atoms with Crippen LogP contribution in [0.4, 0.5) is 0 Å². The molecule has 92 valence electrons. The van der Waals surface area contributed by atoms with Crippen LogP contribution in [0.15, 0.2) is 18.2 Å². The first-order chi connectivity index (χ1) is 8.20. The zero-order valence-corrected chi connectivity index (χ0v) is 10.2. The molecule has 1 amide bonds. The Kier molecular flexibility index (Phi) is 3.64. The molecule has 0 aliphatic carbocycles. The van der Waals surface area contributed by atoms with Crippen molar-refractivity contribution in [2.75, 3.05) is 20.2 Å². The maximum Gasteiger partial charge on any atom is 0.225 e. The Morgan fingerprint density at radius 2 is 2.29 bits per heavy atom. The molecule has 1 aliphatic heterocycles. The van der Waals surface area contributed by atoms with Crippen molar-refractivity contribution in [3.8, 4) is 5.75 Å². The molecule has 0 aromatic heterocycles. The van der Waals surface area contributed by atoms with Crippen molar-refractivity contribution in [2.45, 2.75) is 13.5 Å². The lowest BCUT2D eigenvalue weighted by molar-refractivity contribution is -0.126. The van der Waals surface area contributed by atoms with Crippen LogP contribution >= 0.6 is 0 Å². The molecule has 0 bridgehead atoms. The number of nitrogens with one attached hydrogen (secondary N) is 2. The van der Waals surface area contributed by atoms with Crippen LogP contribution in [-0.4, -0.2) is 26.1 Å². The molecule has 4 heteroatoms. The second-order valence-corrected chi connectivity index (χ2v) is 4.39. The fourth-order valence-corrected chi connectivity index (χ4v) is 1.85. The Balaban J connectivity index is 1.97. The summed E-state index contributed by atoms with van der Waals surface area (Å²) >= 11 is 0. The SMILES string of the molecule is COc1ccc(C)cc1CNC(=O)C1CNC1. The van der Waals surface area contributed by atoms with Gasteiger partial charge < -0.3 is 15.4 Å². The minimum atomic E-state index is 0.118. The van der Waals surface area contributed by atoms with Gasteiger partial charge in [0.05, 0.1) is 13.0 Å². The highest BCUT2D eigenvalue weighted by molar-refractivity contribution is 5.80. The number of carbonyl (C=O) groups is 1. The van der Waals surface area contributed by atoms with E-state index in [1.54, 1.807) is 7.11 Å². The van der Waals surface area contributed by atoms with Gasteiger partial charge in [-0.15, -0.1) is 0 Å². The third-order valence-electron chi connectivity index (χ3n) is 3.04. The number of ether oxygens (including phenoxy) is 1. The van der Waals surface area contributed by atoms with Gasteiger partial charge >= 0.3 is 0 Å². The summed E-state index contributed by atoms with van der Waals surface area (Å²) < 4.78 is 5.27. The van der Waals surface area contributed by atoms with E-state index in [9.17, 15) is 4.79 Å². The molecule has 1 fully saturated rings. The zero-order chi connectivity index (χ0) is 12.3. The van der Waals surface area contributed by atoms with Gasteiger partial charge in [-0.2, -0.15) is 0 Å². The van der Waals surface area contributed by atoms with Crippen molar-refractivity contribution in [3.05, 3.63) is 29.3 Å². The number of benzene rings is 1. The lowest BCUT2D eigenvalue weighted by atomic mass is 10.0. The van der Waals surface area contributed by atoms with Crippen LogP contribution in [0.1, 0.15) is 11.1 Å². The summed E-state index contributed by atoms with van der Waals surface area (Å²) in [6, 6.07) is 5.97. The van der Waals surface area contributed by atoms with Crippen molar-refractivity contribution in [1.29, 1.82) is 0 Å². The van der Waals surface area contributed by atoms with Crippen LogP contribution in [0, 0.1) is 12.8 Å². The number of rotatable bonds is 4. The van der Waals surface area contributed by atoms with Crippen LogP contribution in [0.3, 0.4) is 0 Å². The molecule has 1 aromatic carbocycles. The van der Waals surface area contributed by atoms with Gasteiger partial charge in [-0.1, -0.05) is 17.7 Å². The van der Waals surface area contributed by atoms with E-state index in [-0.39, 0.29) is 11.8 Å². The number of hydrogen-bond donors (Lipinski definition) is 2. The Labute approximate surface area is 101 Å². The maximum absolute atomic E-state index is 11.7. The normalized spacial score (nSPS) is 15.2. The molecule has 4 nitrogen and oxygen atoms in total. The standard InChI is InChI=1S/C13H18N2O2/c1-9-3-4-12(17-2)10(5-9)8-15-13(16)11-6-14-7-11/h3-5,11,14H,6-8H2,1-2H3,(H,15,16). The third kappa shape index (κ3) is 2.77. The second kappa shape index (κ2) is 5.19. The van der Waals surface area contributed by atoms with Gasteiger partial charge in [0, 0.05) is 25.2 Å². The third-order valence-corrected chi connectivity index (χ3v) is 3.04. The molecule has 0 radical (unpaired) electrons. The predicted molar refractivity (Wildman–Crippen MR) is 65.9 cm³/mol. The van der Waals surface area contributed by atoms with Gasteiger partial charge in [-0.05, 0) is 13.0 Å². The second-order valence-electron chi connectivity index (χ2n) is 4.39. The summed E-state index contributed by atoms with van der Waals surface area (Å²) in [4.78, 5) is 11.7. The van der Waals surface area contributed by atoms with Gasteiger partial charge in [-0.3, -0.25) is 4.79 Å². The van der Waals surface area contributed by atoms with Crippen LogP contribution in [0.25, 0.3) is 0 Å². The Hall–Kier alpha value is -1.55. The van der Waals surface area contributed by atoms with Gasteiger partial charge in [0.2, 0.25) is 5.91 Å². The Morgan fingerprint density at radius 3 is 2.88 bits per heavy atom. The van der Waals surface area contributed by atoms with Crippen LogP contribution in [0.5, 0.6) is 5.75 Å². The highest BCUT2D eigenvalue weighted by Gasteiger charge is 2.24. The zero-order valence-electron chi connectivity index (χ0n) is 10.2. The monoisotopic (exact) mass is 234 g/mol. The van der Waals surface area contributed by atoms with Crippen molar-refractivity contribution in [1.82, 2.24) is 10.6 Å². The number of amides is 1. The van der Waals surface area contributed by atoms with E-state index in [2.05, 4.69) is 10.6 Å². The quantitative estimate of drug-likeness (QED) is 0.811. The summed E-state index contributed by atoms with van der Waals surface area (Å²) in [5.74, 6) is 1.07. The summed E-state index contributed by atoms with van der Waals surface area (Å²) in [6.45, 7) is 4.13. The van der Waals surface area contributed by atoms with Gasteiger partial charge in [0.1, 0.15) is 5.75 Å². The topological polar surface area (TPSA) is 50.4 Å². The molecule has 0 saturated carbocycles. The molecule has 0 spiro atoms. The molecule has 0 unspecified atom stereocenters. The lowest BCUT2D eigenvalue weighted by Crippen LogP contribution is -2.50. The fourth-order valence-electron chi connectivity index (χ4n) is 1.85. The van der Waals surface area contributed by atoms with Gasteiger partial charge in [0.25, 0.3) is 0 Å². The first-order valence-corrected chi connectivity index (χ1v) is 5.82. The molecule has 2 N–H and O–H groups in total. The molecular weight excluding hydrogens is 216 g/mol. The molecule has 1 heterocycles. The number of hydrogen-bond acceptors (Lipinski definition) is 3. The highest BCUT2D eigenvalue weighted by Crippen LogP contribution is 2.19. The average molecular weight is 234 g/mol. The van der Waals surface area contributed by atoms with Crippen molar-refractivity contribution >= 4 is 5.91 Å². The average Bonchev–Trinajstić information content (AvgIpc) is 2.24. The van der Waals surface area contributed by atoms with Crippen molar-refractivity contribution in [3.63, 3.8) is 0 Å². The predicted octanol–water partition coefficient (Wildman–Crippen LogP) is 0.839. The van der Waals surface area contributed by atoms with E-state index in [0.29, 0.717) is 6.54 Å². The first-order valence-electron chi connectivity index (χ1n) is 5.82. The summed E-state index contributed by atoms with van der Waals surface area (Å²) in [6.07, 6.45) is 0. The number of carbonyl (C=O) groups excluding carboxylic acids is 1. The first kappa shape index (κ1) is 11.9. The summed E-state index contributed by atoms with van der Waals surface area (Å²) in [5.41, 5.74) is 2.19.